The number of likely N-dealkylation sites (N-methyl/N-ethyl adjacent to an activating group) is 1. The Balaban J connectivity index is 2.13. The molecule has 2 N–H and O–H groups in total. The molecule has 102 valence electrons. The SMILES string of the molecule is CN1C(=O)Cc2ccc(-c3cc(F)c(N)cc3Cl)cc21. The second kappa shape index (κ2) is 4.49. The summed E-state index contributed by atoms with van der Waals surface area (Å²) in [5.74, 6) is -0.457. The van der Waals surface area contributed by atoms with Crippen LogP contribution in [0.15, 0.2) is 30.3 Å². The fourth-order valence-electron chi connectivity index (χ4n) is 2.39. The van der Waals surface area contributed by atoms with E-state index < -0.39 is 5.82 Å². The molecule has 0 atom stereocenters. The van der Waals surface area contributed by atoms with Crippen LogP contribution in [-0.4, -0.2) is 13.0 Å². The van der Waals surface area contributed by atoms with Crippen LogP contribution >= 0.6 is 11.6 Å². The van der Waals surface area contributed by atoms with Gasteiger partial charge in [-0.3, -0.25) is 4.79 Å². The highest BCUT2D eigenvalue weighted by atomic mass is 35.5. The number of benzene rings is 2. The predicted molar refractivity (Wildman–Crippen MR) is 78.4 cm³/mol. The maximum Gasteiger partial charge on any atom is 0.231 e. The number of anilines is 2. The minimum Gasteiger partial charge on any atom is -0.396 e. The zero-order valence-corrected chi connectivity index (χ0v) is 11.5. The third kappa shape index (κ3) is 1.93. The van der Waals surface area contributed by atoms with Gasteiger partial charge in [0.15, 0.2) is 0 Å². The first-order valence-electron chi connectivity index (χ1n) is 6.12. The van der Waals surface area contributed by atoms with Crippen molar-refractivity contribution in [2.75, 3.05) is 17.7 Å². The molecule has 1 heterocycles. The molecule has 5 heteroatoms. The highest BCUT2D eigenvalue weighted by Crippen LogP contribution is 2.36. The summed E-state index contributed by atoms with van der Waals surface area (Å²) < 4.78 is 13.6. The van der Waals surface area contributed by atoms with Gasteiger partial charge in [0, 0.05) is 18.3 Å². The molecule has 0 aromatic heterocycles. The van der Waals surface area contributed by atoms with Gasteiger partial charge < -0.3 is 10.6 Å². The molecule has 2 aromatic carbocycles. The standard InChI is InChI=1S/C15H12ClFN2O/c1-19-14-4-8(2-3-9(14)5-15(19)20)10-6-12(17)13(18)7-11(10)16/h2-4,6-7H,5,18H2,1H3. The van der Waals surface area contributed by atoms with Gasteiger partial charge in [-0.15, -0.1) is 0 Å². The highest BCUT2D eigenvalue weighted by molar-refractivity contribution is 6.33. The monoisotopic (exact) mass is 290 g/mol. The van der Waals surface area contributed by atoms with E-state index in [1.54, 1.807) is 11.9 Å². The van der Waals surface area contributed by atoms with Gasteiger partial charge >= 0.3 is 0 Å². The number of amides is 1. The molecule has 0 saturated carbocycles. The topological polar surface area (TPSA) is 46.3 Å². The maximum atomic E-state index is 13.6. The van der Waals surface area contributed by atoms with E-state index in [2.05, 4.69) is 0 Å². The van der Waals surface area contributed by atoms with Crippen LogP contribution in [0.5, 0.6) is 0 Å². The van der Waals surface area contributed by atoms with Gasteiger partial charge in [-0.05, 0) is 29.3 Å². The van der Waals surface area contributed by atoms with Crippen LogP contribution in [0.4, 0.5) is 15.8 Å². The molecule has 3 rings (SSSR count). The van der Waals surface area contributed by atoms with E-state index in [9.17, 15) is 9.18 Å². The van der Waals surface area contributed by atoms with Crippen molar-refractivity contribution in [1.82, 2.24) is 0 Å². The molecule has 1 amide bonds. The summed E-state index contributed by atoms with van der Waals surface area (Å²) in [7, 11) is 1.73. The second-order valence-corrected chi connectivity index (χ2v) is 5.23. The fraction of sp³-hybridized carbons (Fsp3) is 0.133. The van der Waals surface area contributed by atoms with Gasteiger partial charge in [0.2, 0.25) is 5.91 Å². The molecular weight excluding hydrogens is 279 g/mol. The van der Waals surface area contributed by atoms with Crippen molar-refractivity contribution in [1.29, 1.82) is 0 Å². The predicted octanol–water partition coefficient (Wildman–Crippen LogP) is 3.25. The smallest absolute Gasteiger partial charge is 0.231 e. The minimum absolute atomic E-state index is 0.0206. The molecule has 0 radical (unpaired) electrons. The quantitative estimate of drug-likeness (QED) is 0.820. The second-order valence-electron chi connectivity index (χ2n) is 4.83. The summed E-state index contributed by atoms with van der Waals surface area (Å²) in [6.45, 7) is 0. The van der Waals surface area contributed by atoms with Crippen molar-refractivity contribution >= 4 is 28.9 Å². The van der Waals surface area contributed by atoms with Crippen LogP contribution in [0.25, 0.3) is 11.1 Å². The lowest BCUT2D eigenvalue weighted by Crippen LogP contribution is -2.20. The Morgan fingerprint density at radius 2 is 2.05 bits per heavy atom. The first-order valence-corrected chi connectivity index (χ1v) is 6.49. The van der Waals surface area contributed by atoms with Crippen LogP contribution < -0.4 is 10.6 Å². The van der Waals surface area contributed by atoms with Crippen molar-refractivity contribution in [3.8, 4) is 11.1 Å². The first-order chi connectivity index (χ1) is 9.47. The van der Waals surface area contributed by atoms with Crippen molar-refractivity contribution in [2.24, 2.45) is 0 Å². The van der Waals surface area contributed by atoms with Crippen LogP contribution in [0, 0.1) is 5.82 Å². The van der Waals surface area contributed by atoms with Crippen molar-refractivity contribution in [3.05, 3.63) is 46.7 Å². The van der Waals surface area contributed by atoms with E-state index in [4.69, 9.17) is 17.3 Å². The van der Waals surface area contributed by atoms with Gasteiger partial charge in [0.05, 0.1) is 17.1 Å². The highest BCUT2D eigenvalue weighted by Gasteiger charge is 2.24. The molecular formula is C15H12ClFN2O. The fourth-order valence-corrected chi connectivity index (χ4v) is 2.67. The van der Waals surface area contributed by atoms with Crippen LogP contribution in [0.2, 0.25) is 5.02 Å². The molecule has 3 nitrogen and oxygen atoms in total. The summed E-state index contributed by atoms with van der Waals surface area (Å²) in [5, 5.41) is 0.385. The van der Waals surface area contributed by atoms with E-state index in [0.29, 0.717) is 17.0 Å². The van der Waals surface area contributed by atoms with Gasteiger partial charge in [0.25, 0.3) is 0 Å². The van der Waals surface area contributed by atoms with Gasteiger partial charge in [-0.2, -0.15) is 0 Å². The maximum absolute atomic E-state index is 13.6. The van der Waals surface area contributed by atoms with E-state index in [1.807, 2.05) is 18.2 Å². The Labute approximate surface area is 120 Å². The Morgan fingerprint density at radius 1 is 1.30 bits per heavy atom. The van der Waals surface area contributed by atoms with Crippen molar-refractivity contribution in [3.63, 3.8) is 0 Å². The zero-order chi connectivity index (χ0) is 14.4. The molecule has 1 aliphatic rings. The van der Waals surface area contributed by atoms with E-state index in [0.717, 1.165) is 16.8 Å². The van der Waals surface area contributed by atoms with Crippen LogP contribution in [0.1, 0.15) is 5.56 Å². The molecule has 0 aliphatic carbocycles. The zero-order valence-electron chi connectivity index (χ0n) is 10.8. The summed E-state index contributed by atoms with van der Waals surface area (Å²) in [5.41, 5.74) is 8.63. The van der Waals surface area contributed by atoms with Gasteiger partial charge in [-0.25, -0.2) is 4.39 Å². The Morgan fingerprint density at radius 3 is 2.80 bits per heavy atom. The number of hydrogen-bond acceptors (Lipinski definition) is 2. The number of halogens is 2. The lowest BCUT2D eigenvalue weighted by molar-refractivity contribution is -0.117. The largest absolute Gasteiger partial charge is 0.396 e. The molecule has 0 bridgehead atoms. The summed E-state index contributed by atoms with van der Waals surface area (Å²) in [6.07, 6.45) is 0.399. The summed E-state index contributed by atoms with van der Waals surface area (Å²) in [4.78, 5) is 13.3. The van der Waals surface area contributed by atoms with Crippen LogP contribution in [-0.2, 0) is 11.2 Å². The van der Waals surface area contributed by atoms with Crippen molar-refractivity contribution < 1.29 is 9.18 Å². The number of carbonyl (C=O) groups is 1. The molecule has 0 spiro atoms. The van der Waals surface area contributed by atoms with E-state index >= 15 is 0 Å². The Bertz CT molecular complexity index is 730. The summed E-state index contributed by atoms with van der Waals surface area (Å²) >= 11 is 6.12. The molecule has 0 saturated heterocycles. The average Bonchev–Trinajstić information content (AvgIpc) is 2.69. The lowest BCUT2D eigenvalue weighted by Gasteiger charge is -2.13. The van der Waals surface area contributed by atoms with E-state index in [1.165, 1.54) is 12.1 Å². The number of hydrogen-bond donors (Lipinski definition) is 1. The third-order valence-corrected chi connectivity index (χ3v) is 3.87. The van der Waals surface area contributed by atoms with Gasteiger partial charge in [0.1, 0.15) is 5.82 Å². The average molecular weight is 291 g/mol. The first kappa shape index (κ1) is 12.9. The number of fused-ring (bicyclic) bond motifs is 1. The number of nitrogens with zero attached hydrogens (tertiary/aromatic N) is 1. The molecule has 1 aliphatic heterocycles. The molecule has 0 unspecified atom stereocenters. The number of nitrogen functional groups attached to an aromatic ring is 1. The minimum atomic E-state index is -0.505. The number of rotatable bonds is 1. The Hall–Kier alpha value is -2.07. The Kier molecular flexibility index (Phi) is 2.91. The normalized spacial score (nSPS) is 13.8. The molecule has 20 heavy (non-hydrogen) atoms. The number of nitrogens with two attached hydrogens (primary N) is 1. The number of carbonyl (C=O) groups excluding carboxylic acids is 1. The van der Waals surface area contributed by atoms with Crippen LogP contribution in [0.3, 0.4) is 0 Å². The third-order valence-electron chi connectivity index (χ3n) is 3.56. The van der Waals surface area contributed by atoms with E-state index in [-0.39, 0.29) is 11.6 Å². The molecule has 2 aromatic rings. The lowest BCUT2D eigenvalue weighted by atomic mass is 10.0. The molecule has 0 fully saturated rings. The van der Waals surface area contributed by atoms with Gasteiger partial charge in [-0.1, -0.05) is 23.7 Å². The van der Waals surface area contributed by atoms with Crippen molar-refractivity contribution in [2.45, 2.75) is 6.42 Å². The summed E-state index contributed by atoms with van der Waals surface area (Å²) in [6, 6.07) is 8.26.